The summed E-state index contributed by atoms with van der Waals surface area (Å²) < 4.78 is 57.6. The molecule has 13 aromatic rings. The third-order valence-electron chi connectivity index (χ3n) is 15.0. The summed E-state index contributed by atoms with van der Waals surface area (Å²) in [6, 6.07) is 42.1. The molecule has 3 aromatic carbocycles. The van der Waals surface area contributed by atoms with Crippen molar-refractivity contribution in [2.24, 2.45) is 5.92 Å². The molecule has 10 heterocycles. The van der Waals surface area contributed by atoms with E-state index < -0.39 is 59.7 Å². The molecule has 10 aromatic heterocycles. The van der Waals surface area contributed by atoms with Crippen LogP contribution in [0.15, 0.2) is 197 Å². The van der Waals surface area contributed by atoms with Crippen LogP contribution in [-0.4, -0.2) is 169 Å². The number of carbonyl (C=O) groups is 10. The van der Waals surface area contributed by atoms with E-state index in [-0.39, 0.29) is 86.7 Å². The maximum Gasteiger partial charge on any atom is 0.358 e. The molecule has 0 saturated carbocycles. The van der Waals surface area contributed by atoms with E-state index in [1.165, 1.54) is 67.8 Å². The number of ether oxygens (including phenoxy) is 2. The third kappa shape index (κ3) is 36.2. The molecule has 123 heavy (non-hydrogen) atoms. The van der Waals surface area contributed by atoms with Crippen molar-refractivity contribution in [1.29, 1.82) is 0 Å². The van der Waals surface area contributed by atoms with Gasteiger partial charge in [-0.1, -0.05) is 207 Å². The SMILES string of the molecule is CC(C)(C)c1cc(C(=O)O)no1.CC(C)Cc1cc(C(=O)O)no1.CC(C)c1cc(C(=O)O)no1.CCC(C)c1cc(C(=O)O)no1.CCCc1cc(C(=O)O)no1.CCc1cc(C(=O)O)no1.COc1cc(C(=O)O)no1.O=C(O)c1cc(-c2ccccc2)on1.O=C(O)c1cc(COc2ccccc2)on1.O=C(O)c1cc(Cc2ccccc2)on1. The standard InChI is InChI=1S/C11H9NO4.C11H9NO3.C10H7NO3.3C8H11NO3.2C7H9NO3.C6H7NO3.C5H5NO4/c13-11(14)10-6-9(16-12-10)7-15-8-4-2-1-3-5-8;13-11(14)10-7-9(15-12-10)6-8-4-2-1-3-5-8;12-10(13)8-6-9(14-11-8)7-4-2-1-3-5-7;1-8(2,3)6-4-5(7(10)11)9-12-6;1-5(2)3-6-4-7(8(10)11)9-12-6;1-3-5(2)7-4-6(8(10)11)9-12-7;1-4(2)6-3-5(7(9)10)8-11-6;1-2-3-5-4-6(7(9)10)8-11-5;1-2-4-3-5(6(8)9)7-10-4;1-9-4-2-3(5(7)8)6-10-4/h1-6H,7H2,(H,13,14);1-5,7H,6H2,(H,13,14);1-6H,(H,12,13);4H,1-3H3,(H,10,11);2*4-5H,3H2,1-2H3,(H,10,11);3-4H,1-2H3,(H,9,10);4H,2-3H2,1H3,(H,9,10);3H,2H2,1H3,(H,8,9);2H,1H3,(H,7,8). The first-order valence-electron chi connectivity index (χ1n) is 36.5. The summed E-state index contributed by atoms with van der Waals surface area (Å²) in [5, 5.41) is 119. The zero-order valence-electron chi connectivity index (χ0n) is 68.0. The normalized spacial score (nSPS) is 10.5. The predicted molar refractivity (Wildman–Crippen MR) is 420 cm³/mol. The zero-order valence-corrected chi connectivity index (χ0v) is 68.0. The van der Waals surface area contributed by atoms with Crippen LogP contribution >= 0.6 is 0 Å². The summed E-state index contributed by atoms with van der Waals surface area (Å²) in [5.41, 5.74) is 1.10. The average molecular weight is 1710 g/mol. The van der Waals surface area contributed by atoms with E-state index >= 15 is 0 Å². The first kappa shape index (κ1) is 99.4. The van der Waals surface area contributed by atoms with Crippen molar-refractivity contribution in [3.05, 3.63) is 260 Å². The number of aryl methyl sites for hydroxylation is 2. The van der Waals surface area contributed by atoms with Crippen molar-refractivity contribution < 1.29 is 154 Å². The Balaban J connectivity index is 0.000000288. The Labute approximate surface area is 697 Å². The Hall–Kier alpha value is -15.9. The molecule has 1 atom stereocenters. The number of carboxylic acid groups (broad SMARTS) is 10. The van der Waals surface area contributed by atoms with Crippen LogP contribution < -0.4 is 9.47 Å². The van der Waals surface area contributed by atoms with Gasteiger partial charge in [-0.05, 0) is 36.5 Å². The molecule has 0 aliphatic heterocycles. The number of rotatable bonds is 25. The summed E-state index contributed by atoms with van der Waals surface area (Å²) in [5.74, 6) is -4.02. The first-order valence-corrected chi connectivity index (χ1v) is 36.5. The highest BCUT2D eigenvalue weighted by Crippen LogP contribution is 2.24. The van der Waals surface area contributed by atoms with Crippen LogP contribution in [0.4, 0.5) is 0 Å². The van der Waals surface area contributed by atoms with Crippen LogP contribution in [0.2, 0.25) is 0 Å². The van der Waals surface area contributed by atoms with Gasteiger partial charge in [0.2, 0.25) is 0 Å². The van der Waals surface area contributed by atoms with Crippen molar-refractivity contribution in [3.8, 4) is 23.0 Å². The van der Waals surface area contributed by atoms with Crippen molar-refractivity contribution in [3.63, 3.8) is 0 Å². The second kappa shape index (κ2) is 50.6. The Morgan fingerprint density at radius 1 is 0.374 bits per heavy atom. The Kier molecular flexibility index (Phi) is 40.9. The number of para-hydroxylation sites is 1. The minimum Gasteiger partial charge on any atom is -0.486 e. The van der Waals surface area contributed by atoms with E-state index in [0.717, 1.165) is 36.8 Å². The third-order valence-corrected chi connectivity index (χ3v) is 15.0. The quantitative estimate of drug-likeness (QED) is 0.0254. The van der Waals surface area contributed by atoms with Crippen LogP contribution in [0.3, 0.4) is 0 Å². The van der Waals surface area contributed by atoms with Crippen LogP contribution in [0, 0.1) is 5.92 Å². The molecule has 0 fully saturated rings. The molecule has 0 aliphatic carbocycles. The first-order chi connectivity index (χ1) is 58.2. The van der Waals surface area contributed by atoms with E-state index in [9.17, 15) is 47.9 Å². The van der Waals surface area contributed by atoms with Gasteiger partial charge in [-0.2, -0.15) is 0 Å². The Morgan fingerprint density at radius 3 is 1.11 bits per heavy atom. The van der Waals surface area contributed by atoms with Gasteiger partial charge in [0, 0.05) is 103 Å². The molecule has 0 amide bonds. The van der Waals surface area contributed by atoms with Gasteiger partial charge >= 0.3 is 65.6 Å². The van der Waals surface area contributed by atoms with Gasteiger partial charge < -0.3 is 106 Å². The number of aromatic nitrogens is 10. The molecule has 0 spiro atoms. The molecular weight excluding hydrogens is 1620 g/mol. The minimum atomic E-state index is -1.13. The molecule has 10 N–H and O–H groups in total. The number of methoxy groups -OCH3 is 1. The summed E-state index contributed by atoms with van der Waals surface area (Å²) in [4.78, 5) is 104. The van der Waals surface area contributed by atoms with Crippen molar-refractivity contribution >= 4 is 59.7 Å². The fourth-order valence-corrected chi connectivity index (χ4v) is 8.50. The summed E-state index contributed by atoms with van der Waals surface area (Å²) in [6.07, 6.45) is 4.52. The molecule has 654 valence electrons. The van der Waals surface area contributed by atoms with E-state index in [2.05, 4.69) is 65.3 Å². The second-order valence-corrected chi connectivity index (χ2v) is 26.6. The number of aromatic carboxylic acids is 10. The molecule has 42 heteroatoms. The predicted octanol–water partition coefficient (Wildman–Crippen LogP) is 15.2. The topological polar surface area (TPSA) is 652 Å². The van der Waals surface area contributed by atoms with Crippen LogP contribution in [-0.2, 0) is 37.7 Å². The maximum atomic E-state index is 10.5. The molecular formula is C81H88N10O32. The molecule has 0 bridgehead atoms. The Bertz CT molecular complexity index is 5370. The smallest absolute Gasteiger partial charge is 0.358 e. The van der Waals surface area contributed by atoms with Gasteiger partial charge in [-0.15, -0.1) is 0 Å². The zero-order chi connectivity index (χ0) is 91.5. The highest BCUT2D eigenvalue weighted by molar-refractivity contribution is 5.89. The number of benzene rings is 3. The van der Waals surface area contributed by atoms with E-state index in [4.69, 9.17) is 92.0 Å². The number of nitrogens with zero attached hydrogens (tertiary/aromatic N) is 10. The van der Waals surface area contributed by atoms with E-state index in [0.29, 0.717) is 76.4 Å². The van der Waals surface area contributed by atoms with Gasteiger partial charge in [0.15, 0.2) is 68.5 Å². The lowest BCUT2D eigenvalue weighted by atomic mass is 9.93. The average Bonchev–Trinajstić information content (AvgIpc) is 1.71. The lowest BCUT2D eigenvalue weighted by Crippen LogP contribution is -2.09. The highest BCUT2D eigenvalue weighted by atomic mass is 16.6. The van der Waals surface area contributed by atoms with Crippen molar-refractivity contribution in [2.75, 3.05) is 7.11 Å². The van der Waals surface area contributed by atoms with Crippen molar-refractivity contribution in [2.45, 2.75) is 139 Å². The fourth-order valence-electron chi connectivity index (χ4n) is 8.50. The van der Waals surface area contributed by atoms with Gasteiger partial charge in [0.1, 0.15) is 52.7 Å². The van der Waals surface area contributed by atoms with Gasteiger partial charge in [-0.3, -0.25) is 0 Å². The number of carboxylic acids is 10. The fraction of sp³-hybridized carbons (Fsp3) is 0.284. The van der Waals surface area contributed by atoms with Gasteiger partial charge in [0.05, 0.1) is 13.2 Å². The lowest BCUT2D eigenvalue weighted by Gasteiger charge is -2.11. The molecule has 1 unspecified atom stereocenters. The van der Waals surface area contributed by atoms with Crippen LogP contribution in [0.1, 0.15) is 257 Å². The van der Waals surface area contributed by atoms with E-state index in [1.807, 2.05) is 155 Å². The highest BCUT2D eigenvalue weighted by Gasteiger charge is 2.23. The number of hydrogen-bond donors (Lipinski definition) is 10. The van der Waals surface area contributed by atoms with Crippen molar-refractivity contribution in [1.82, 2.24) is 51.6 Å². The maximum absolute atomic E-state index is 10.5. The van der Waals surface area contributed by atoms with Gasteiger partial charge in [-0.25, -0.2) is 47.9 Å². The monoisotopic (exact) mass is 1710 g/mol. The summed E-state index contributed by atoms with van der Waals surface area (Å²) in [6.45, 7) is 21.7. The van der Waals surface area contributed by atoms with Crippen LogP contribution in [0.25, 0.3) is 11.3 Å². The largest absolute Gasteiger partial charge is 0.486 e. The molecule has 0 aliphatic rings. The Morgan fingerprint density at radius 2 is 0.732 bits per heavy atom. The molecule has 0 saturated heterocycles. The van der Waals surface area contributed by atoms with Gasteiger partial charge in [0.25, 0.3) is 0 Å². The van der Waals surface area contributed by atoms with E-state index in [1.54, 1.807) is 12.1 Å². The second-order valence-electron chi connectivity index (χ2n) is 26.6. The molecule has 0 radical (unpaired) electrons. The summed E-state index contributed by atoms with van der Waals surface area (Å²) >= 11 is 0. The minimum absolute atomic E-state index is 0.0200. The molecule has 13 rings (SSSR count). The molecule has 42 nitrogen and oxygen atoms in total. The lowest BCUT2D eigenvalue weighted by molar-refractivity contribution is 0.0674. The van der Waals surface area contributed by atoms with Crippen LogP contribution in [0.5, 0.6) is 11.7 Å². The number of hydrogen-bond acceptors (Lipinski definition) is 32. The summed E-state index contributed by atoms with van der Waals surface area (Å²) in [7, 11) is 1.37.